The monoisotopic (exact) mass is 340 g/mol. The van der Waals surface area contributed by atoms with Crippen LogP contribution in [0.1, 0.15) is 67.7 Å². The van der Waals surface area contributed by atoms with Gasteiger partial charge in [0, 0.05) is 13.2 Å². The standard InChI is InChI=1S/C20H40O2Si/c1-15(2)17-11-10-16(3)20(7,18(17)12-13-21)14-22-23(8,9)19(4,5)6/h16,18,21H,10-14H2,1-9H3/t16-,18-,20-/m1/s1. The van der Waals surface area contributed by atoms with Gasteiger partial charge in [-0.1, -0.05) is 45.8 Å². The first-order chi connectivity index (χ1) is 10.4. The van der Waals surface area contributed by atoms with Crippen LogP contribution in [0.2, 0.25) is 18.1 Å². The molecule has 0 aromatic carbocycles. The van der Waals surface area contributed by atoms with Crippen LogP contribution in [-0.4, -0.2) is 26.6 Å². The Hall–Kier alpha value is -0.123. The maximum Gasteiger partial charge on any atom is 0.192 e. The molecular weight excluding hydrogens is 300 g/mol. The second-order valence-electron chi connectivity index (χ2n) is 9.58. The summed E-state index contributed by atoms with van der Waals surface area (Å²) in [7, 11) is -1.75. The topological polar surface area (TPSA) is 29.5 Å². The van der Waals surface area contributed by atoms with Crippen molar-refractivity contribution in [3.63, 3.8) is 0 Å². The van der Waals surface area contributed by atoms with Crippen LogP contribution in [-0.2, 0) is 4.43 Å². The molecule has 1 N–H and O–H groups in total. The Morgan fingerprint density at radius 3 is 2.30 bits per heavy atom. The highest BCUT2D eigenvalue weighted by Crippen LogP contribution is 2.51. The van der Waals surface area contributed by atoms with Crippen molar-refractivity contribution in [2.45, 2.75) is 85.9 Å². The lowest BCUT2D eigenvalue weighted by atomic mass is 9.58. The summed E-state index contributed by atoms with van der Waals surface area (Å²) in [5, 5.41) is 9.88. The average Bonchev–Trinajstić information content (AvgIpc) is 2.41. The first kappa shape index (κ1) is 20.9. The van der Waals surface area contributed by atoms with Crippen molar-refractivity contribution < 1.29 is 9.53 Å². The molecule has 0 radical (unpaired) electrons. The summed E-state index contributed by atoms with van der Waals surface area (Å²) in [5.41, 5.74) is 3.13. The molecule has 1 rings (SSSR count). The minimum atomic E-state index is -1.75. The van der Waals surface area contributed by atoms with Gasteiger partial charge in [0.1, 0.15) is 0 Å². The van der Waals surface area contributed by atoms with Crippen LogP contribution in [0.5, 0.6) is 0 Å². The molecule has 3 atom stereocenters. The number of hydrogen-bond donors (Lipinski definition) is 1. The fraction of sp³-hybridized carbons (Fsp3) is 0.900. The van der Waals surface area contributed by atoms with Crippen LogP contribution in [0.25, 0.3) is 0 Å². The van der Waals surface area contributed by atoms with Gasteiger partial charge in [0.15, 0.2) is 8.32 Å². The Labute approximate surface area is 145 Å². The van der Waals surface area contributed by atoms with Crippen molar-refractivity contribution in [3.8, 4) is 0 Å². The van der Waals surface area contributed by atoms with E-state index in [-0.39, 0.29) is 17.1 Å². The summed E-state index contributed by atoms with van der Waals surface area (Å²) in [6.07, 6.45) is 3.28. The van der Waals surface area contributed by atoms with Gasteiger partial charge in [0.05, 0.1) is 0 Å². The van der Waals surface area contributed by atoms with Gasteiger partial charge in [-0.05, 0) is 68.5 Å². The van der Waals surface area contributed by atoms with Crippen LogP contribution in [0.4, 0.5) is 0 Å². The molecule has 1 saturated carbocycles. The van der Waals surface area contributed by atoms with E-state index < -0.39 is 8.32 Å². The third-order valence-corrected chi connectivity index (χ3v) is 11.3. The van der Waals surface area contributed by atoms with E-state index >= 15 is 0 Å². The normalized spacial score (nSPS) is 29.7. The van der Waals surface area contributed by atoms with E-state index in [1.165, 1.54) is 18.4 Å². The van der Waals surface area contributed by atoms with E-state index in [4.69, 9.17) is 4.43 Å². The lowest BCUT2D eigenvalue weighted by molar-refractivity contribution is 0.0141. The molecule has 0 bridgehead atoms. The summed E-state index contributed by atoms with van der Waals surface area (Å²) in [6.45, 7) is 21.9. The highest BCUT2D eigenvalue weighted by molar-refractivity contribution is 6.74. The molecule has 1 fully saturated rings. The molecule has 23 heavy (non-hydrogen) atoms. The molecule has 2 nitrogen and oxygen atoms in total. The number of aliphatic hydroxyl groups is 1. The van der Waals surface area contributed by atoms with Crippen LogP contribution in [0, 0.1) is 17.3 Å². The van der Waals surface area contributed by atoms with Crippen molar-refractivity contribution in [1.29, 1.82) is 0 Å². The summed E-state index contributed by atoms with van der Waals surface area (Å²) < 4.78 is 6.65. The molecule has 3 heteroatoms. The predicted octanol–water partition coefficient (Wildman–Crippen LogP) is 5.78. The fourth-order valence-electron chi connectivity index (χ4n) is 3.64. The lowest BCUT2D eigenvalue weighted by Crippen LogP contribution is -2.49. The number of allylic oxidation sites excluding steroid dienone is 2. The first-order valence-corrected chi connectivity index (χ1v) is 12.2. The summed E-state index contributed by atoms with van der Waals surface area (Å²) in [5.74, 6) is 1.08. The van der Waals surface area contributed by atoms with E-state index in [2.05, 4.69) is 61.6 Å². The van der Waals surface area contributed by atoms with Gasteiger partial charge in [-0.15, -0.1) is 0 Å². The molecule has 0 aromatic heterocycles. The zero-order chi connectivity index (χ0) is 18.1. The van der Waals surface area contributed by atoms with Crippen LogP contribution in [0.3, 0.4) is 0 Å². The zero-order valence-corrected chi connectivity index (χ0v) is 18.0. The van der Waals surface area contributed by atoms with Gasteiger partial charge in [-0.25, -0.2) is 0 Å². The van der Waals surface area contributed by atoms with Crippen LogP contribution < -0.4 is 0 Å². The van der Waals surface area contributed by atoms with Crippen molar-refractivity contribution in [3.05, 3.63) is 11.1 Å². The second-order valence-corrected chi connectivity index (χ2v) is 14.4. The van der Waals surface area contributed by atoms with E-state index in [1.807, 2.05) is 0 Å². The maximum atomic E-state index is 9.64. The average molecular weight is 341 g/mol. The Morgan fingerprint density at radius 1 is 1.30 bits per heavy atom. The van der Waals surface area contributed by atoms with E-state index in [0.29, 0.717) is 11.8 Å². The van der Waals surface area contributed by atoms with E-state index in [1.54, 1.807) is 5.57 Å². The van der Waals surface area contributed by atoms with Gasteiger partial charge in [-0.3, -0.25) is 0 Å². The molecule has 0 spiro atoms. The highest BCUT2D eigenvalue weighted by Gasteiger charge is 2.46. The Morgan fingerprint density at radius 2 is 1.87 bits per heavy atom. The quantitative estimate of drug-likeness (QED) is 0.508. The molecular formula is C20H40O2Si. The van der Waals surface area contributed by atoms with Gasteiger partial charge >= 0.3 is 0 Å². The Balaban J connectivity index is 3.08. The van der Waals surface area contributed by atoms with E-state index in [0.717, 1.165) is 13.0 Å². The van der Waals surface area contributed by atoms with E-state index in [9.17, 15) is 5.11 Å². The lowest BCUT2D eigenvalue weighted by Gasteiger charge is -2.50. The largest absolute Gasteiger partial charge is 0.416 e. The first-order valence-electron chi connectivity index (χ1n) is 9.28. The summed E-state index contributed by atoms with van der Waals surface area (Å²) in [4.78, 5) is 0. The molecule has 0 unspecified atom stereocenters. The molecule has 136 valence electrons. The zero-order valence-electron chi connectivity index (χ0n) is 17.0. The Kier molecular flexibility index (Phi) is 6.74. The fourth-order valence-corrected chi connectivity index (χ4v) is 4.75. The van der Waals surface area contributed by atoms with Gasteiger partial charge in [-0.2, -0.15) is 0 Å². The maximum absolute atomic E-state index is 9.64. The van der Waals surface area contributed by atoms with Crippen molar-refractivity contribution in [1.82, 2.24) is 0 Å². The third kappa shape index (κ3) is 4.49. The van der Waals surface area contributed by atoms with Crippen LogP contribution in [0.15, 0.2) is 11.1 Å². The number of aliphatic hydroxyl groups excluding tert-OH is 1. The van der Waals surface area contributed by atoms with Crippen molar-refractivity contribution in [2.75, 3.05) is 13.2 Å². The highest BCUT2D eigenvalue weighted by atomic mass is 28.4. The molecule has 1 aliphatic rings. The Bertz CT molecular complexity index is 429. The van der Waals surface area contributed by atoms with Gasteiger partial charge in [0.2, 0.25) is 0 Å². The summed E-state index contributed by atoms with van der Waals surface area (Å²) in [6, 6.07) is 0. The molecule has 0 heterocycles. The van der Waals surface area contributed by atoms with Crippen molar-refractivity contribution in [2.24, 2.45) is 17.3 Å². The van der Waals surface area contributed by atoms with Crippen LogP contribution >= 0.6 is 0 Å². The third-order valence-electron chi connectivity index (χ3n) is 6.80. The SMILES string of the molecule is CC(C)=C1CC[C@@H](C)[C@@](C)(CO[Si](C)(C)C(C)(C)C)[C@@H]1CCO. The second kappa shape index (κ2) is 7.41. The van der Waals surface area contributed by atoms with Gasteiger partial charge < -0.3 is 9.53 Å². The number of rotatable bonds is 5. The summed E-state index contributed by atoms with van der Waals surface area (Å²) >= 11 is 0. The molecule has 0 amide bonds. The number of hydrogen-bond acceptors (Lipinski definition) is 2. The predicted molar refractivity (Wildman–Crippen MR) is 103 cm³/mol. The molecule has 1 aliphatic carbocycles. The minimum absolute atomic E-state index is 0.128. The molecule has 0 aromatic rings. The van der Waals surface area contributed by atoms with Crippen molar-refractivity contribution >= 4 is 8.32 Å². The van der Waals surface area contributed by atoms with Gasteiger partial charge in [0.25, 0.3) is 0 Å². The molecule has 0 saturated heterocycles. The minimum Gasteiger partial charge on any atom is -0.416 e. The smallest absolute Gasteiger partial charge is 0.192 e. The molecule has 0 aliphatic heterocycles.